The standard InChI is InChI=1S/C16H22N2O2S/c1-4-9-20-13-7-5-6-12-14(13)17-15(21)18(12)16(3)8-10-19-11(16)2/h5-7,11H,4,8-10H2,1-3H3,(H,17,21). The van der Waals surface area contributed by atoms with Crippen molar-refractivity contribution in [2.24, 2.45) is 0 Å². The molecule has 2 heterocycles. The van der Waals surface area contributed by atoms with E-state index in [1.165, 1.54) is 0 Å². The van der Waals surface area contributed by atoms with Crippen LogP contribution in [0.3, 0.4) is 0 Å². The Morgan fingerprint density at radius 3 is 3.00 bits per heavy atom. The number of hydrogen-bond donors (Lipinski definition) is 1. The number of rotatable bonds is 4. The highest BCUT2D eigenvalue weighted by molar-refractivity contribution is 7.71. The quantitative estimate of drug-likeness (QED) is 0.867. The Balaban J connectivity index is 2.16. The van der Waals surface area contributed by atoms with Gasteiger partial charge in [0.05, 0.1) is 23.8 Å². The summed E-state index contributed by atoms with van der Waals surface area (Å²) in [6.45, 7) is 7.92. The summed E-state index contributed by atoms with van der Waals surface area (Å²) in [5.41, 5.74) is 1.96. The highest BCUT2D eigenvalue weighted by Gasteiger charge is 2.40. The molecule has 1 aliphatic rings. The van der Waals surface area contributed by atoms with Gasteiger partial charge in [0.15, 0.2) is 4.77 Å². The van der Waals surface area contributed by atoms with E-state index in [2.05, 4.69) is 36.4 Å². The predicted molar refractivity (Wildman–Crippen MR) is 86.6 cm³/mol. The molecule has 1 saturated heterocycles. The molecule has 1 fully saturated rings. The molecule has 1 aromatic carbocycles. The lowest BCUT2D eigenvalue weighted by atomic mass is 9.94. The highest BCUT2D eigenvalue weighted by atomic mass is 32.1. The maximum Gasteiger partial charge on any atom is 0.178 e. The van der Waals surface area contributed by atoms with E-state index in [1.807, 2.05) is 12.1 Å². The van der Waals surface area contributed by atoms with Gasteiger partial charge in [-0.1, -0.05) is 13.0 Å². The van der Waals surface area contributed by atoms with E-state index in [1.54, 1.807) is 0 Å². The molecule has 1 aromatic heterocycles. The van der Waals surface area contributed by atoms with Gasteiger partial charge in [-0.05, 0) is 51.0 Å². The van der Waals surface area contributed by atoms with Crippen LogP contribution in [0.5, 0.6) is 5.75 Å². The number of ether oxygens (including phenoxy) is 2. The van der Waals surface area contributed by atoms with Gasteiger partial charge >= 0.3 is 0 Å². The normalized spacial score (nSPS) is 25.6. The minimum atomic E-state index is -0.112. The number of hydrogen-bond acceptors (Lipinski definition) is 3. The van der Waals surface area contributed by atoms with E-state index < -0.39 is 0 Å². The lowest BCUT2D eigenvalue weighted by Crippen LogP contribution is -2.36. The molecule has 0 amide bonds. The Bertz CT molecular complexity index is 706. The molecular weight excluding hydrogens is 284 g/mol. The molecule has 0 spiro atoms. The molecule has 114 valence electrons. The largest absolute Gasteiger partial charge is 0.491 e. The van der Waals surface area contributed by atoms with Crippen LogP contribution in [0.25, 0.3) is 11.0 Å². The van der Waals surface area contributed by atoms with Crippen LogP contribution >= 0.6 is 12.2 Å². The average Bonchev–Trinajstić information content (AvgIpc) is 2.97. The number of H-pyrrole nitrogens is 1. The molecule has 0 radical (unpaired) electrons. The van der Waals surface area contributed by atoms with Gasteiger partial charge in [-0.25, -0.2) is 0 Å². The van der Waals surface area contributed by atoms with Gasteiger partial charge in [0.25, 0.3) is 0 Å². The Labute approximate surface area is 130 Å². The molecule has 2 atom stereocenters. The first-order chi connectivity index (χ1) is 10.1. The molecule has 1 N–H and O–H groups in total. The molecule has 2 unspecified atom stereocenters. The van der Waals surface area contributed by atoms with Gasteiger partial charge in [0.1, 0.15) is 11.3 Å². The molecule has 3 rings (SSSR count). The zero-order valence-electron chi connectivity index (χ0n) is 12.8. The van der Waals surface area contributed by atoms with Crippen LogP contribution in [-0.2, 0) is 10.3 Å². The number of aromatic amines is 1. The van der Waals surface area contributed by atoms with Crippen LogP contribution in [-0.4, -0.2) is 28.9 Å². The number of fused-ring (bicyclic) bond motifs is 1. The molecular formula is C16H22N2O2S. The molecule has 0 bridgehead atoms. The second-order valence-corrected chi connectivity index (χ2v) is 6.27. The molecule has 2 aromatic rings. The summed E-state index contributed by atoms with van der Waals surface area (Å²) in [4.78, 5) is 3.32. The lowest BCUT2D eigenvalue weighted by molar-refractivity contribution is 0.0770. The van der Waals surface area contributed by atoms with Gasteiger partial charge in [-0.3, -0.25) is 0 Å². The van der Waals surface area contributed by atoms with Crippen LogP contribution in [0.2, 0.25) is 0 Å². The molecule has 1 aliphatic heterocycles. The summed E-state index contributed by atoms with van der Waals surface area (Å²) < 4.78 is 14.6. The second kappa shape index (κ2) is 5.46. The molecule has 4 nitrogen and oxygen atoms in total. The maximum absolute atomic E-state index is 5.84. The summed E-state index contributed by atoms with van der Waals surface area (Å²) in [7, 11) is 0. The first-order valence-electron chi connectivity index (χ1n) is 7.56. The molecule has 0 aliphatic carbocycles. The molecule has 0 saturated carbocycles. The third-order valence-electron chi connectivity index (χ3n) is 4.50. The van der Waals surface area contributed by atoms with Crippen LogP contribution < -0.4 is 4.74 Å². The summed E-state index contributed by atoms with van der Waals surface area (Å²) in [5, 5.41) is 0. The van der Waals surface area contributed by atoms with Crippen molar-refractivity contribution < 1.29 is 9.47 Å². The monoisotopic (exact) mass is 306 g/mol. The van der Waals surface area contributed by atoms with E-state index in [9.17, 15) is 0 Å². The van der Waals surface area contributed by atoms with Crippen molar-refractivity contribution in [2.45, 2.75) is 45.3 Å². The van der Waals surface area contributed by atoms with E-state index in [0.29, 0.717) is 6.61 Å². The van der Waals surface area contributed by atoms with Crippen LogP contribution in [0.15, 0.2) is 18.2 Å². The lowest BCUT2D eigenvalue weighted by Gasteiger charge is -2.30. The van der Waals surface area contributed by atoms with Crippen LogP contribution in [0.1, 0.15) is 33.6 Å². The van der Waals surface area contributed by atoms with Gasteiger partial charge in [0.2, 0.25) is 0 Å². The van der Waals surface area contributed by atoms with Crippen molar-refractivity contribution in [3.05, 3.63) is 23.0 Å². The highest BCUT2D eigenvalue weighted by Crippen LogP contribution is 2.37. The number of aromatic nitrogens is 2. The Morgan fingerprint density at radius 1 is 1.52 bits per heavy atom. The fourth-order valence-corrected chi connectivity index (χ4v) is 3.47. The third kappa shape index (κ3) is 2.28. The van der Waals surface area contributed by atoms with Crippen LogP contribution in [0, 0.1) is 4.77 Å². The Hall–Kier alpha value is -1.33. The van der Waals surface area contributed by atoms with Gasteiger partial charge in [-0.15, -0.1) is 0 Å². The Morgan fingerprint density at radius 2 is 2.33 bits per heavy atom. The number of nitrogens with zero attached hydrogens (tertiary/aromatic N) is 1. The van der Waals surface area contributed by atoms with Crippen molar-refractivity contribution in [3.8, 4) is 5.75 Å². The van der Waals surface area contributed by atoms with E-state index in [4.69, 9.17) is 21.7 Å². The first kappa shape index (κ1) is 14.6. The summed E-state index contributed by atoms with van der Waals surface area (Å²) in [6, 6.07) is 6.11. The van der Waals surface area contributed by atoms with Crippen molar-refractivity contribution in [2.75, 3.05) is 13.2 Å². The molecule has 5 heteroatoms. The second-order valence-electron chi connectivity index (χ2n) is 5.88. The van der Waals surface area contributed by atoms with Gasteiger partial charge in [-0.2, -0.15) is 0 Å². The summed E-state index contributed by atoms with van der Waals surface area (Å²) in [6.07, 6.45) is 2.10. The van der Waals surface area contributed by atoms with Gasteiger partial charge in [0, 0.05) is 6.61 Å². The number of nitrogens with one attached hydrogen (secondary N) is 1. The summed E-state index contributed by atoms with van der Waals surface area (Å²) in [5.74, 6) is 0.870. The van der Waals surface area contributed by atoms with Crippen molar-refractivity contribution in [3.63, 3.8) is 0 Å². The SMILES string of the molecule is CCCOc1cccc2c1[nH]c(=S)n2C1(C)CCOC1C. The minimum absolute atomic E-state index is 0.112. The fraction of sp³-hybridized carbons (Fsp3) is 0.562. The summed E-state index contributed by atoms with van der Waals surface area (Å²) >= 11 is 5.58. The number of imidazole rings is 1. The minimum Gasteiger partial charge on any atom is -0.491 e. The predicted octanol–water partition coefficient (Wildman–Crippen LogP) is 4.01. The topological polar surface area (TPSA) is 39.2 Å². The Kier molecular flexibility index (Phi) is 3.80. The van der Waals surface area contributed by atoms with Crippen molar-refractivity contribution in [1.29, 1.82) is 0 Å². The van der Waals surface area contributed by atoms with Crippen molar-refractivity contribution >= 4 is 23.3 Å². The third-order valence-corrected chi connectivity index (χ3v) is 4.79. The maximum atomic E-state index is 5.84. The van der Waals surface area contributed by atoms with E-state index in [-0.39, 0.29) is 11.6 Å². The van der Waals surface area contributed by atoms with Gasteiger partial charge < -0.3 is 19.0 Å². The number of para-hydroxylation sites is 1. The first-order valence-corrected chi connectivity index (χ1v) is 7.97. The van der Waals surface area contributed by atoms with E-state index in [0.717, 1.165) is 41.0 Å². The fourth-order valence-electron chi connectivity index (χ4n) is 3.06. The van der Waals surface area contributed by atoms with Crippen LogP contribution in [0.4, 0.5) is 0 Å². The molecule has 21 heavy (non-hydrogen) atoms. The average molecular weight is 306 g/mol. The van der Waals surface area contributed by atoms with Crippen molar-refractivity contribution in [1.82, 2.24) is 9.55 Å². The zero-order chi connectivity index (χ0) is 15.0. The van der Waals surface area contributed by atoms with E-state index >= 15 is 0 Å². The number of benzene rings is 1. The smallest absolute Gasteiger partial charge is 0.178 e. The zero-order valence-corrected chi connectivity index (χ0v) is 13.6.